The Morgan fingerprint density at radius 2 is 2.33 bits per heavy atom. The van der Waals surface area contributed by atoms with Crippen LogP contribution in [0.25, 0.3) is 0 Å². The first kappa shape index (κ1) is 11.8. The Hall–Kier alpha value is -1.23. The molecule has 0 saturated heterocycles. The molecule has 0 atom stereocenters. The minimum atomic E-state index is -2.47. The van der Waals surface area contributed by atoms with Gasteiger partial charge < -0.3 is 10.1 Å². The fraction of sp³-hybridized carbons (Fsp3) is 0.500. The summed E-state index contributed by atoms with van der Waals surface area (Å²) >= 11 is 0. The van der Waals surface area contributed by atoms with E-state index in [1.165, 1.54) is 0 Å². The molecule has 1 heterocycles. The molecule has 0 amide bonds. The van der Waals surface area contributed by atoms with Gasteiger partial charge in [-0.15, -0.1) is 0 Å². The van der Waals surface area contributed by atoms with Gasteiger partial charge in [0.25, 0.3) is 6.43 Å². The summed E-state index contributed by atoms with van der Waals surface area (Å²) in [5, 5.41) is 3.13. The van der Waals surface area contributed by atoms with Crippen LogP contribution >= 0.6 is 0 Å². The first-order valence-electron chi connectivity index (χ1n) is 4.79. The van der Waals surface area contributed by atoms with Crippen LogP contribution in [-0.4, -0.2) is 24.6 Å². The van der Waals surface area contributed by atoms with Crippen molar-refractivity contribution in [3.8, 4) is 5.88 Å². The van der Waals surface area contributed by atoms with E-state index in [2.05, 4.69) is 10.3 Å². The molecular formula is C10H14F2N2O. The zero-order valence-electron chi connectivity index (χ0n) is 8.54. The van der Waals surface area contributed by atoms with Crippen LogP contribution in [0.4, 0.5) is 8.78 Å². The van der Waals surface area contributed by atoms with E-state index in [4.69, 9.17) is 4.74 Å². The monoisotopic (exact) mass is 216 g/mol. The van der Waals surface area contributed by atoms with Crippen molar-refractivity contribution in [3.63, 3.8) is 0 Å². The van der Waals surface area contributed by atoms with Gasteiger partial charge in [-0.2, -0.15) is 0 Å². The maximum absolute atomic E-state index is 11.9. The zero-order valence-corrected chi connectivity index (χ0v) is 8.54. The van der Waals surface area contributed by atoms with Gasteiger partial charge >= 0.3 is 0 Å². The maximum Gasteiger partial charge on any atom is 0.272 e. The average Bonchev–Trinajstić information content (AvgIpc) is 2.24. The molecule has 15 heavy (non-hydrogen) atoms. The minimum Gasteiger partial charge on any atom is -0.472 e. The van der Waals surface area contributed by atoms with Crippen molar-refractivity contribution >= 4 is 0 Å². The number of pyridine rings is 1. The predicted octanol–water partition coefficient (Wildman–Crippen LogP) is 1.84. The van der Waals surface area contributed by atoms with Crippen molar-refractivity contribution in [2.75, 3.05) is 13.2 Å². The molecule has 0 fully saturated rings. The SMILES string of the molecule is CCNCc1ccnc(OCC(F)F)c1. The molecule has 0 spiro atoms. The number of aromatic nitrogens is 1. The zero-order chi connectivity index (χ0) is 11.1. The van der Waals surface area contributed by atoms with Gasteiger partial charge in [0.05, 0.1) is 0 Å². The lowest BCUT2D eigenvalue weighted by Crippen LogP contribution is -2.12. The molecule has 0 bridgehead atoms. The van der Waals surface area contributed by atoms with E-state index in [9.17, 15) is 8.78 Å². The summed E-state index contributed by atoms with van der Waals surface area (Å²) in [6.07, 6.45) is -0.919. The molecule has 1 aromatic heterocycles. The van der Waals surface area contributed by atoms with E-state index in [0.717, 1.165) is 12.1 Å². The summed E-state index contributed by atoms with van der Waals surface area (Å²) < 4.78 is 28.5. The normalized spacial score (nSPS) is 10.7. The standard InChI is InChI=1S/C10H14F2N2O/c1-2-13-6-8-3-4-14-10(5-8)15-7-9(11)12/h3-5,9,13H,2,6-7H2,1H3. The molecule has 0 aromatic carbocycles. The predicted molar refractivity (Wildman–Crippen MR) is 53.1 cm³/mol. The van der Waals surface area contributed by atoms with E-state index in [0.29, 0.717) is 6.54 Å². The lowest BCUT2D eigenvalue weighted by molar-refractivity contribution is 0.0795. The smallest absolute Gasteiger partial charge is 0.272 e. The second kappa shape index (κ2) is 6.29. The maximum atomic E-state index is 11.9. The van der Waals surface area contributed by atoms with Gasteiger partial charge in [0.2, 0.25) is 5.88 Å². The average molecular weight is 216 g/mol. The molecule has 0 aliphatic heterocycles. The number of nitrogens with zero attached hydrogens (tertiary/aromatic N) is 1. The van der Waals surface area contributed by atoms with Gasteiger partial charge in [-0.3, -0.25) is 0 Å². The molecule has 1 aromatic rings. The Kier molecular flexibility index (Phi) is 4.97. The molecule has 1 rings (SSSR count). The highest BCUT2D eigenvalue weighted by molar-refractivity contribution is 5.20. The summed E-state index contributed by atoms with van der Waals surface area (Å²) in [4.78, 5) is 3.84. The highest BCUT2D eigenvalue weighted by Gasteiger charge is 2.04. The van der Waals surface area contributed by atoms with Gasteiger partial charge in [-0.25, -0.2) is 13.8 Å². The van der Waals surface area contributed by atoms with Crippen molar-refractivity contribution < 1.29 is 13.5 Å². The number of hydrogen-bond acceptors (Lipinski definition) is 3. The van der Waals surface area contributed by atoms with Crippen LogP contribution in [0.5, 0.6) is 5.88 Å². The van der Waals surface area contributed by atoms with Crippen molar-refractivity contribution in [1.82, 2.24) is 10.3 Å². The molecule has 0 saturated carbocycles. The lowest BCUT2D eigenvalue weighted by Gasteiger charge is -2.06. The van der Waals surface area contributed by atoms with Crippen LogP contribution in [0, 0.1) is 0 Å². The van der Waals surface area contributed by atoms with Crippen LogP contribution < -0.4 is 10.1 Å². The van der Waals surface area contributed by atoms with Gasteiger partial charge in [0.1, 0.15) is 0 Å². The molecule has 0 aliphatic carbocycles. The highest BCUT2D eigenvalue weighted by Crippen LogP contribution is 2.10. The number of halogens is 2. The van der Waals surface area contributed by atoms with Gasteiger partial charge in [-0.1, -0.05) is 6.92 Å². The van der Waals surface area contributed by atoms with E-state index in [1.54, 1.807) is 12.3 Å². The van der Waals surface area contributed by atoms with E-state index in [1.807, 2.05) is 13.0 Å². The van der Waals surface area contributed by atoms with E-state index in [-0.39, 0.29) is 5.88 Å². The third-order valence-corrected chi connectivity index (χ3v) is 1.74. The fourth-order valence-electron chi connectivity index (χ4n) is 1.06. The Bertz CT molecular complexity index is 295. The van der Waals surface area contributed by atoms with Crippen LogP contribution in [0.2, 0.25) is 0 Å². The topological polar surface area (TPSA) is 34.2 Å². The Labute approximate surface area is 87.5 Å². The van der Waals surface area contributed by atoms with Gasteiger partial charge in [0, 0.05) is 18.8 Å². The first-order valence-corrected chi connectivity index (χ1v) is 4.79. The van der Waals surface area contributed by atoms with Crippen molar-refractivity contribution in [2.45, 2.75) is 19.9 Å². The molecular weight excluding hydrogens is 202 g/mol. The summed E-state index contributed by atoms with van der Waals surface area (Å²) in [5.41, 5.74) is 0.969. The van der Waals surface area contributed by atoms with Gasteiger partial charge in [0.15, 0.2) is 6.61 Å². The second-order valence-electron chi connectivity index (χ2n) is 2.98. The Morgan fingerprint density at radius 1 is 1.53 bits per heavy atom. The van der Waals surface area contributed by atoms with Crippen LogP contribution in [0.3, 0.4) is 0 Å². The third-order valence-electron chi connectivity index (χ3n) is 1.74. The quantitative estimate of drug-likeness (QED) is 0.787. The third kappa shape index (κ3) is 4.69. The van der Waals surface area contributed by atoms with Crippen molar-refractivity contribution in [2.24, 2.45) is 0 Å². The minimum absolute atomic E-state index is 0.241. The Balaban J connectivity index is 2.50. The molecule has 3 nitrogen and oxygen atoms in total. The summed E-state index contributed by atoms with van der Waals surface area (Å²) in [5.74, 6) is 0.241. The summed E-state index contributed by atoms with van der Waals surface area (Å²) in [7, 11) is 0. The molecule has 5 heteroatoms. The molecule has 0 radical (unpaired) electrons. The van der Waals surface area contributed by atoms with Crippen molar-refractivity contribution in [3.05, 3.63) is 23.9 Å². The number of hydrogen-bond donors (Lipinski definition) is 1. The lowest BCUT2D eigenvalue weighted by atomic mass is 10.2. The van der Waals surface area contributed by atoms with Crippen LogP contribution in [-0.2, 0) is 6.54 Å². The van der Waals surface area contributed by atoms with E-state index < -0.39 is 13.0 Å². The number of nitrogens with one attached hydrogen (secondary N) is 1. The van der Waals surface area contributed by atoms with E-state index >= 15 is 0 Å². The molecule has 1 N–H and O–H groups in total. The second-order valence-corrected chi connectivity index (χ2v) is 2.98. The molecule has 0 aliphatic rings. The largest absolute Gasteiger partial charge is 0.472 e. The Morgan fingerprint density at radius 3 is 3.00 bits per heavy atom. The highest BCUT2D eigenvalue weighted by atomic mass is 19.3. The fourth-order valence-corrected chi connectivity index (χ4v) is 1.06. The molecule has 0 unspecified atom stereocenters. The number of ether oxygens (including phenoxy) is 1. The number of rotatable bonds is 6. The van der Waals surface area contributed by atoms with Crippen molar-refractivity contribution in [1.29, 1.82) is 0 Å². The first-order chi connectivity index (χ1) is 7.22. The number of alkyl halides is 2. The van der Waals surface area contributed by atoms with Crippen LogP contribution in [0.1, 0.15) is 12.5 Å². The van der Waals surface area contributed by atoms with Crippen LogP contribution in [0.15, 0.2) is 18.3 Å². The molecule has 84 valence electrons. The summed E-state index contributed by atoms with van der Waals surface area (Å²) in [6, 6.07) is 3.48. The van der Waals surface area contributed by atoms with Gasteiger partial charge in [-0.05, 0) is 18.2 Å². The summed E-state index contributed by atoms with van der Waals surface area (Å²) in [6.45, 7) is 2.92.